The number of likely N-dealkylation sites (tertiary alicyclic amines) is 1. The lowest BCUT2D eigenvalue weighted by atomic mass is 9.85. The standard InChI is InChI=1S/C27H24N4O6S/c1-2-37-18-8-9-19-21(12-18)38-27(28-19)29-22(32)13-20(14-4-3-5-17(11-14)31(35)36)30-25(33)23-15-6-7-16(10-15)24(23)26(30)34/h3-9,11-12,15-16,20,23-24H,2,10,13H2,1H3,(H,28,29,32). The number of allylic oxidation sites excluding steroid dienone is 2. The van der Waals surface area contributed by atoms with Crippen LogP contribution in [0.4, 0.5) is 10.8 Å². The molecule has 5 unspecified atom stereocenters. The predicted molar refractivity (Wildman–Crippen MR) is 139 cm³/mol. The Hall–Kier alpha value is -4.12. The molecule has 194 valence electrons. The number of carbonyl (C=O) groups is 3. The van der Waals surface area contributed by atoms with E-state index in [-0.39, 0.29) is 35.8 Å². The smallest absolute Gasteiger partial charge is 0.269 e. The molecule has 10 nitrogen and oxygen atoms in total. The van der Waals surface area contributed by atoms with E-state index in [0.29, 0.717) is 28.6 Å². The lowest BCUT2D eigenvalue weighted by Crippen LogP contribution is -2.38. The Morgan fingerprint density at radius 1 is 1.18 bits per heavy atom. The third-order valence-corrected chi connectivity index (χ3v) is 8.51. The molecule has 2 bridgehead atoms. The van der Waals surface area contributed by atoms with Crippen molar-refractivity contribution in [3.8, 4) is 5.75 Å². The number of carbonyl (C=O) groups excluding carboxylic acids is 3. The number of nitrogens with zero attached hydrogens (tertiary/aromatic N) is 3. The molecule has 1 saturated heterocycles. The Bertz CT molecular complexity index is 1490. The maximum absolute atomic E-state index is 13.5. The van der Waals surface area contributed by atoms with Gasteiger partial charge in [0.05, 0.1) is 46.0 Å². The third-order valence-electron chi connectivity index (χ3n) is 7.58. The Labute approximate surface area is 221 Å². The van der Waals surface area contributed by atoms with Gasteiger partial charge in [0.15, 0.2) is 5.13 Å². The fourth-order valence-electron chi connectivity index (χ4n) is 6.00. The number of hydrogen-bond acceptors (Lipinski definition) is 8. The van der Waals surface area contributed by atoms with Crippen LogP contribution >= 0.6 is 11.3 Å². The van der Waals surface area contributed by atoms with E-state index in [1.54, 1.807) is 18.2 Å². The van der Waals surface area contributed by atoms with Crippen molar-refractivity contribution < 1.29 is 24.0 Å². The minimum Gasteiger partial charge on any atom is -0.494 e. The first-order valence-corrected chi connectivity index (χ1v) is 13.3. The minimum absolute atomic E-state index is 0.00960. The van der Waals surface area contributed by atoms with Crippen LogP contribution < -0.4 is 10.1 Å². The van der Waals surface area contributed by atoms with Crippen LogP contribution in [0.5, 0.6) is 5.75 Å². The number of nitrogens with one attached hydrogen (secondary N) is 1. The predicted octanol–water partition coefficient (Wildman–Crippen LogP) is 4.48. The van der Waals surface area contributed by atoms with E-state index in [0.717, 1.165) is 11.1 Å². The van der Waals surface area contributed by atoms with Crippen LogP contribution in [0.25, 0.3) is 10.2 Å². The van der Waals surface area contributed by atoms with Gasteiger partial charge in [0.25, 0.3) is 5.69 Å². The summed E-state index contributed by atoms with van der Waals surface area (Å²) in [5.41, 5.74) is 0.886. The number of rotatable bonds is 8. The Kier molecular flexibility index (Phi) is 5.94. The molecule has 1 aliphatic heterocycles. The summed E-state index contributed by atoms with van der Waals surface area (Å²) in [5, 5.41) is 14.6. The van der Waals surface area contributed by atoms with Crippen LogP contribution in [0.3, 0.4) is 0 Å². The average molecular weight is 533 g/mol. The average Bonchev–Trinajstić information content (AvgIpc) is 3.66. The summed E-state index contributed by atoms with van der Waals surface area (Å²) in [5.74, 6) is -1.24. The van der Waals surface area contributed by atoms with Gasteiger partial charge in [0.1, 0.15) is 5.75 Å². The number of ether oxygens (including phenoxy) is 1. The van der Waals surface area contributed by atoms with Crippen molar-refractivity contribution in [1.29, 1.82) is 0 Å². The van der Waals surface area contributed by atoms with Gasteiger partial charge in [0.2, 0.25) is 17.7 Å². The van der Waals surface area contributed by atoms with Crippen LogP contribution in [-0.2, 0) is 14.4 Å². The number of imide groups is 1. The van der Waals surface area contributed by atoms with Gasteiger partial charge in [-0.15, -0.1) is 0 Å². The van der Waals surface area contributed by atoms with Gasteiger partial charge >= 0.3 is 0 Å². The second kappa shape index (κ2) is 9.32. The van der Waals surface area contributed by atoms with Crippen molar-refractivity contribution in [3.63, 3.8) is 0 Å². The number of non-ortho nitro benzene ring substituents is 1. The van der Waals surface area contributed by atoms with Gasteiger partial charge in [-0.05, 0) is 48.9 Å². The first-order valence-electron chi connectivity index (χ1n) is 12.5. The molecule has 2 aliphatic carbocycles. The molecule has 1 saturated carbocycles. The lowest BCUT2D eigenvalue weighted by Gasteiger charge is -2.27. The summed E-state index contributed by atoms with van der Waals surface area (Å²) in [4.78, 5) is 56.9. The summed E-state index contributed by atoms with van der Waals surface area (Å²) in [6.45, 7) is 2.42. The first kappa shape index (κ1) is 24.2. The molecule has 11 heteroatoms. The fraction of sp³-hybridized carbons (Fsp3) is 0.333. The maximum atomic E-state index is 13.5. The van der Waals surface area contributed by atoms with Gasteiger partial charge in [0, 0.05) is 12.1 Å². The normalized spacial score (nSPS) is 24.2. The van der Waals surface area contributed by atoms with Crippen molar-refractivity contribution in [2.75, 3.05) is 11.9 Å². The van der Waals surface area contributed by atoms with E-state index >= 15 is 0 Å². The summed E-state index contributed by atoms with van der Waals surface area (Å²) in [7, 11) is 0. The van der Waals surface area contributed by atoms with Crippen molar-refractivity contribution in [1.82, 2.24) is 9.88 Å². The molecule has 5 atom stereocenters. The molecule has 1 aromatic heterocycles. The molecule has 2 heterocycles. The largest absolute Gasteiger partial charge is 0.494 e. The van der Waals surface area contributed by atoms with Gasteiger partial charge in [-0.1, -0.05) is 35.6 Å². The molecule has 0 spiro atoms. The number of thiazole rings is 1. The second-order valence-corrected chi connectivity index (χ2v) is 10.8. The number of aromatic nitrogens is 1. The second-order valence-electron chi connectivity index (χ2n) is 9.75. The van der Waals surface area contributed by atoms with Crippen LogP contribution in [0.2, 0.25) is 0 Å². The fourth-order valence-corrected chi connectivity index (χ4v) is 6.91. The number of amides is 3. The van der Waals surface area contributed by atoms with E-state index in [4.69, 9.17) is 4.74 Å². The number of fused-ring (bicyclic) bond motifs is 6. The van der Waals surface area contributed by atoms with Gasteiger partial charge in [-0.2, -0.15) is 0 Å². The van der Waals surface area contributed by atoms with Crippen LogP contribution in [0.1, 0.15) is 31.4 Å². The zero-order valence-corrected chi connectivity index (χ0v) is 21.2. The summed E-state index contributed by atoms with van der Waals surface area (Å²) in [6, 6.07) is 10.3. The third kappa shape index (κ3) is 4.03. The Balaban J connectivity index is 1.29. The van der Waals surface area contributed by atoms with E-state index in [2.05, 4.69) is 10.3 Å². The summed E-state index contributed by atoms with van der Waals surface area (Å²) in [6.07, 6.45) is 4.53. The highest BCUT2D eigenvalue weighted by Crippen LogP contribution is 2.54. The molecule has 38 heavy (non-hydrogen) atoms. The molecule has 3 amide bonds. The van der Waals surface area contributed by atoms with Gasteiger partial charge < -0.3 is 10.1 Å². The topological polar surface area (TPSA) is 132 Å². The molecular weight excluding hydrogens is 508 g/mol. The number of anilines is 1. The number of benzene rings is 2. The van der Waals surface area contributed by atoms with Crippen LogP contribution in [0, 0.1) is 33.8 Å². The van der Waals surface area contributed by atoms with Gasteiger partial charge in [-0.3, -0.25) is 29.4 Å². The van der Waals surface area contributed by atoms with E-state index in [1.165, 1.54) is 34.4 Å². The molecule has 6 rings (SSSR count). The molecule has 3 aliphatic rings. The minimum atomic E-state index is -0.973. The molecule has 0 radical (unpaired) electrons. The monoisotopic (exact) mass is 532 g/mol. The highest BCUT2D eigenvalue weighted by molar-refractivity contribution is 7.22. The van der Waals surface area contributed by atoms with E-state index in [1.807, 2.05) is 25.1 Å². The highest BCUT2D eigenvalue weighted by atomic mass is 32.1. The first-order chi connectivity index (χ1) is 18.3. The van der Waals surface area contributed by atoms with E-state index in [9.17, 15) is 24.5 Å². The van der Waals surface area contributed by atoms with Crippen LogP contribution in [-0.4, -0.2) is 39.1 Å². The van der Waals surface area contributed by atoms with Crippen molar-refractivity contribution in [2.24, 2.45) is 23.7 Å². The zero-order chi connectivity index (χ0) is 26.6. The summed E-state index contributed by atoms with van der Waals surface area (Å²) < 4.78 is 6.37. The maximum Gasteiger partial charge on any atom is 0.269 e. The number of nitro groups is 1. The highest BCUT2D eigenvalue weighted by Gasteiger charge is 2.60. The molecule has 1 N–H and O–H groups in total. The van der Waals surface area contributed by atoms with Gasteiger partial charge in [-0.25, -0.2) is 4.98 Å². The van der Waals surface area contributed by atoms with Crippen molar-refractivity contribution >= 4 is 50.1 Å². The number of nitro benzene ring substituents is 1. The van der Waals surface area contributed by atoms with Crippen molar-refractivity contribution in [3.05, 3.63) is 70.3 Å². The lowest BCUT2D eigenvalue weighted by molar-refractivity contribution is -0.385. The quantitative estimate of drug-likeness (QED) is 0.196. The molecule has 2 fully saturated rings. The van der Waals surface area contributed by atoms with E-state index < -0.39 is 28.7 Å². The van der Waals surface area contributed by atoms with Crippen LogP contribution in [0.15, 0.2) is 54.6 Å². The zero-order valence-electron chi connectivity index (χ0n) is 20.4. The number of hydrogen-bond donors (Lipinski definition) is 1. The molecular formula is C27H24N4O6S. The molecule has 3 aromatic rings. The van der Waals surface area contributed by atoms with Crippen molar-refractivity contribution in [2.45, 2.75) is 25.8 Å². The Morgan fingerprint density at radius 2 is 1.92 bits per heavy atom. The summed E-state index contributed by atoms with van der Waals surface area (Å²) >= 11 is 1.28. The Morgan fingerprint density at radius 3 is 2.61 bits per heavy atom. The SMILES string of the molecule is CCOc1ccc2nc(NC(=O)CC(c3cccc([N+](=O)[O-])c3)N3C(=O)C4C5C=CC(C5)C4C3=O)sc2c1. The molecule has 2 aromatic carbocycles.